The molecule has 3 aromatic rings. The molecule has 3 rings (SSSR count). The fraction of sp³-hybridized carbons (Fsp3) is 0. The summed E-state index contributed by atoms with van der Waals surface area (Å²) in [7, 11) is 0. The lowest BCUT2D eigenvalue weighted by molar-refractivity contribution is 1.30. The molecule has 0 aliphatic rings. The molecule has 0 unspecified atom stereocenters. The van der Waals surface area contributed by atoms with Crippen molar-refractivity contribution in [2.45, 2.75) is 0 Å². The minimum absolute atomic E-state index is 0.314. The zero-order valence-corrected chi connectivity index (χ0v) is 18.8. The predicted molar refractivity (Wildman–Crippen MR) is 118 cm³/mol. The number of benzene rings is 2. The maximum atomic E-state index is 6.14. The normalized spacial score (nSPS) is 11.0. The first-order valence-electron chi connectivity index (χ1n) is 6.74. The Morgan fingerprint density at radius 3 is 1.56 bits per heavy atom. The van der Waals surface area contributed by atoms with Crippen molar-refractivity contribution in [3.63, 3.8) is 0 Å². The van der Waals surface area contributed by atoms with Crippen LogP contribution < -0.4 is 0 Å². The summed E-state index contributed by atoms with van der Waals surface area (Å²) >= 11 is 38.8. The molecule has 0 saturated heterocycles. The number of pyridine rings is 1. The maximum absolute atomic E-state index is 6.14. The summed E-state index contributed by atoms with van der Waals surface area (Å²) in [5.41, 5.74) is 2.93. The van der Waals surface area contributed by atoms with Gasteiger partial charge in [-0.25, -0.2) is 4.98 Å². The molecule has 0 atom stereocenters. The van der Waals surface area contributed by atoms with Crippen LogP contribution in [0.3, 0.4) is 0 Å². The Balaban J connectivity index is 2.17. The average molecular weight is 564 g/mol. The Morgan fingerprint density at radius 1 is 0.640 bits per heavy atom. The number of halogens is 7. The van der Waals surface area contributed by atoms with E-state index in [0.29, 0.717) is 35.8 Å². The van der Waals surface area contributed by atoms with E-state index in [4.69, 9.17) is 74.6 Å². The van der Waals surface area contributed by atoms with Crippen LogP contribution >= 0.6 is 92.2 Å². The average Bonchev–Trinajstić information content (AvgIpc) is 2.57. The first-order valence-corrected chi connectivity index (χ1v) is 10.1. The minimum Gasteiger partial charge on any atom is -0.247 e. The summed E-state index contributed by atoms with van der Waals surface area (Å²) in [6.07, 6.45) is 0. The smallest absolute Gasteiger partial charge is 0.0843 e. The van der Waals surface area contributed by atoms with Gasteiger partial charge < -0.3 is 0 Å². The summed E-state index contributed by atoms with van der Waals surface area (Å²) in [5.74, 6) is 0. The van der Waals surface area contributed by atoms with E-state index in [2.05, 4.69) is 22.6 Å². The van der Waals surface area contributed by atoms with Gasteiger partial charge in [-0.3, -0.25) is 0 Å². The van der Waals surface area contributed by atoms with E-state index in [0.717, 1.165) is 20.4 Å². The van der Waals surface area contributed by atoms with Crippen molar-refractivity contribution in [3.8, 4) is 22.5 Å². The molecule has 0 fully saturated rings. The van der Waals surface area contributed by atoms with Crippen LogP contribution in [0, 0.1) is 3.57 Å². The first kappa shape index (κ1) is 19.8. The Kier molecular flexibility index (Phi) is 6.32. The molecule has 0 bridgehead atoms. The van der Waals surface area contributed by atoms with Gasteiger partial charge in [-0.1, -0.05) is 69.6 Å². The van der Waals surface area contributed by atoms with Gasteiger partial charge in [-0.15, -0.1) is 0 Å². The molecule has 0 radical (unpaired) electrons. The first-order chi connectivity index (χ1) is 11.8. The highest BCUT2D eigenvalue weighted by atomic mass is 127. The zero-order chi connectivity index (χ0) is 18.3. The molecular weight excluding hydrogens is 558 g/mol. The van der Waals surface area contributed by atoms with Crippen LogP contribution in [0.5, 0.6) is 0 Å². The van der Waals surface area contributed by atoms with E-state index in [1.54, 1.807) is 24.3 Å². The molecule has 0 amide bonds. The summed E-state index contributed by atoms with van der Waals surface area (Å²) in [4.78, 5) is 4.71. The quantitative estimate of drug-likeness (QED) is 0.224. The Bertz CT molecular complexity index is 943. The van der Waals surface area contributed by atoms with Gasteiger partial charge >= 0.3 is 0 Å². The lowest BCUT2D eigenvalue weighted by Crippen LogP contribution is -1.93. The van der Waals surface area contributed by atoms with Crippen LogP contribution in [0.4, 0.5) is 0 Å². The van der Waals surface area contributed by atoms with E-state index >= 15 is 0 Å². The summed E-state index contributed by atoms with van der Waals surface area (Å²) in [5, 5.41) is 2.09. The van der Waals surface area contributed by atoms with Crippen molar-refractivity contribution in [3.05, 3.63) is 70.1 Å². The highest BCUT2D eigenvalue weighted by Gasteiger charge is 2.14. The monoisotopic (exact) mass is 561 g/mol. The molecule has 0 saturated carbocycles. The largest absolute Gasteiger partial charge is 0.247 e. The highest BCUT2D eigenvalue weighted by molar-refractivity contribution is 14.1. The van der Waals surface area contributed by atoms with Gasteiger partial charge in [-0.2, -0.15) is 0 Å². The lowest BCUT2D eigenvalue weighted by atomic mass is 10.1. The van der Waals surface area contributed by atoms with E-state index in [-0.39, 0.29) is 0 Å². The Labute approximate surface area is 188 Å². The molecule has 1 aromatic heterocycles. The van der Waals surface area contributed by atoms with Crippen molar-refractivity contribution in [1.29, 1.82) is 0 Å². The molecule has 1 nitrogen and oxygen atoms in total. The standard InChI is InChI=1S/C17H6Cl6IN/c18-9-3-7(4-10(19)15(9)22)14-2-1-13(24)17(25-14)8-5-11(20)16(23)12(21)6-8/h1-6H. The van der Waals surface area contributed by atoms with E-state index < -0.39 is 0 Å². The van der Waals surface area contributed by atoms with Crippen LogP contribution in [0.15, 0.2) is 36.4 Å². The van der Waals surface area contributed by atoms with Crippen LogP contribution in [-0.2, 0) is 0 Å². The molecule has 25 heavy (non-hydrogen) atoms. The molecule has 0 N–H and O–H groups in total. The molecule has 0 aliphatic carbocycles. The second kappa shape index (κ2) is 7.97. The SMILES string of the molecule is Clc1cc(-c2ccc(I)c(-c3cc(Cl)c(Cl)c(Cl)c3)n2)cc(Cl)c1Cl. The van der Waals surface area contributed by atoms with Gasteiger partial charge in [0.25, 0.3) is 0 Å². The number of nitrogens with zero attached hydrogens (tertiary/aromatic N) is 1. The molecule has 128 valence electrons. The van der Waals surface area contributed by atoms with Crippen molar-refractivity contribution in [2.75, 3.05) is 0 Å². The Hall–Kier alpha value is 0.0600. The fourth-order valence-electron chi connectivity index (χ4n) is 2.20. The third-order valence-corrected chi connectivity index (χ3v) is 6.65. The highest BCUT2D eigenvalue weighted by Crippen LogP contribution is 2.38. The minimum atomic E-state index is 0.314. The predicted octanol–water partition coefficient (Wildman–Crippen LogP) is 8.94. The molecule has 8 heteroatoms. The second-order valence-electron chi connectivity index (χ2n) is 5.03. The van der Waals surface area contributed by atoms with Crippen molar-refractivity contribution >= 4 is 92.2 Å². The van der Waals surface area contributed by atoms with Gasteiger partial charge in [0.05, 0.1) is 41.5 Å². The number of hydrogen-bond acceptors (Lipinski definition) is 1. The van der Waals surface area contributed by atoms with Crippen LogP contribution in [-0.4, -0.2) is 4.98 Å². The van der Waals surface area contributed by atoms with Crippen molar-refractivity contribution in [1.82, 2.24) is 4.98 Å². The molecular formula is C17H6Cl6IN. The van der Waals surface area contributed by atoms with E-state index in [9.17, 15) is 0 Å². The number of rotatable bonds is 2. The van der Waals surface area contributed by atoms with Gasteiger partial charge in [0.1, 0.15) is 0 Å². The second-order valence-corrected chi connectivity index (χ2v) is 8.58. The third-order valence-electron chi connectivity index (χ3n) is 3.38. The fourth-order valence-corrected chi connectivity index (χ4v) is 4.01. The maximum Gasteiger partial charge on any atom is 0.0843 e. The van der Waals surface area contributed by atoms with Crippen molar-refractivity contribution in [2.24, 2.45) is 0 Å². The van der Waals surface area contributed by atoms with Crippen LogP contribution in [0.2, 0.25) is 30.1 Å². The van der Waals surface area contributed by atoms with E-state index in [1.807, 2.05) is 12.1 Å². The van der Waals surface area contributed by atoms with Crippen LogP contribution in [0.1, 0.15) is 0 Å². The van der Waals surface area contributed by atoms with Gasteiger partial charge in [0.15, 0.2) is 0 Å². The number of hydrogen-bond donors (Lipinski definition) is 0. The van der Waals surface area contributed by atoms with Crippen LogP contribution in [0.25, 0.3) is 22.5 Å². The Morgan fingerprint density at radius 2 is 1.08 bits per heavy atom. The lowest BCUT2D eigenvalue weighted by Gasteiger charge is -2.11. The van der Waals surface area contributed by atoms with Gasteiger partial charge in [-0.05, 0) is 59.0 Å². The van der Waals surface area contributed by atoms with E-state index in [1.165, 1.54) is 0 Å². The summed E-state index contributed by atoms with van der Waals surface area (Å²) in [6.45, 7) is 0. The van der Waals surface area contributed by atoms with Crippen molar-refractivity contribution < 1.29 is 0 Å². The molecule has 1 heterocycles. The summed E-state index contributed by atoms with van der Waals surface area (Å²) in [6, 6.07) is 10.7. The molecule has 0 spiro atoms. The van der Waals surface area contributed by atoms with Gasteiger partial charge in [0.2, 0.25) is 0 Å². The number of aromatic nitrogens is 1. The topological polar surface area (TPSA) is 12.9 Å². The summed E-state index contributed by atoms with van der Waals surface area (Å²) < 4.78 is 0.932. The molecule has 2 aromatic carbocycles. The zero-order valence-electron chi connectivity index (χ0n) is 12.1. The van der Waals surface area contributed by atoms with Gasteiger partial charge in [0, 0.05) is 14.7 Å². The third kappa shape index (κ3) is 4.16. The molecule has 0 aliphatic heterocycles.